The summed E-state index contributed by atoms with van der Waals surface area (Å²) in [5.74, 6) is -1.26. The van der Waals surface area contributed by atoms with Crippen molar-refractivity contribution in [3.63, 3.8) is 0 Å². The lowest BCUT2D eigenvalue weighted by Gasteiger charge is -2.35. The van der Waals surface area contributed by atoms with E-state index in [4.69, 9.17) is 9.47 Å². The number of rotatable bonds is 7. The van der Waals surface area contributed by atoms with Crippen LogP contribution in [-0.4, -0.2) is 54.8 Å². The topological polar surface area (TPSA) is 76.1 Å². The van der Waals surface area contributed by atoms with Crippen LogP contribution < -0.4 is 0 Å². The van der Waals surface area contributed by atoms with Gasteiger partial charge in [0, 0.05) is 6.42 Å². The number of carbonyl (C=O) groups excluding carboxylic acids is 2. The fourth-order valence-electron chi connectivity index (χ4n) is 2.21. The van der Waals surface area contributed by atoms with Crippen LogP contribution in [0.3, 0.4) is 0 Å². The lowest BCUT2D eigenvalue weighted by Crippen LogP contribution is -2.60. The molecular formula is C16H23NO5. The van der Waals surface area contributed by atoms with E-state index >= 15 is 0 Å². The van der Waals surface area contributed by atoms with Gasteiger partial charge in [0.2, 0.25) is 5.54 Å². The number of benzene rings is 1. The summed E-state index contributed by atoms with van der Waals surface area (Å²) in [4.78, 5) is 26.5. The molecule has 0 unspecified atom stereocenters. The van der Waals surface area contributed by atoms with Crippen LogP contribution in [0, 0.1) is 0 Å². The zero-order valence-corrected chi connectivity index (χ0v) is 13.5. The largest absolute Gasteiger partial charge is 0.508 e. The second kappa shape index (κ2) is 7.79. The van der Waals surface area contributed by atoms with Crippen molar-refractivity contribution in [3.8, 4) is 5.75 Å². The number of esters is 2. The third kappa shape index (κ3) is 3.76. The van der Waals surface area contributed by atoms with Crippen molar-refractivity contribution in [2.24, 2.45) is 0 Å². The molecule has 6 nitrogen and oxygen atoms in total. The number of hydrogen-bond donors (Lipinski definition) is 1. The summed E-state index contributed by atoms with van der Waals surface area (Å²) in [5, 5.41) is 9.59. The third-order valence-electron chi connectivity index (χ3n) is 3.36. The van der Waals surface area contributed by atoms with Crippen LogP contribution in [-0.2, 0) is 25.5 Å². The Balaban J connectivity index is 3.28. The quantitative estimate of drug-likeness (QED) is 0.605. The summed E-state index contributed by atoms with van der Waals surface area (Å²) >= 11 is 0. The zero-order valence-electron chi connectivity index (χ0n) is 13.5. The molecule has 0 saturated heterocycles. The Morgan fingerprint density at radius 1 is 1.14 bits per heavy atom. The third-order valence-corrected chi connectivity index (χ3v) is 3.36. The van der Waals surface area contributed by atoms with E-state index in [1.165, 1.54) is 17.0 Å². The zero-order chi connectivity index (χ0) is 16.8. The molecule has 0 spiro atoms. The number of hydrogen-bond acceptors (Lipinski definition) is 6. The molecule has 0 saturated carbocycles. The lowest BCUT2D eigenvalue weighted by atomic mass is 9.89. The van der Waals surface area contributed by atoms with Crippen LogP contribution in [0.4, 0.5) is 0 Å². The molecule has 0 fully saturated rings. The van der Waals surface area contributed by atoms with Crippen LogP contribution in [0.2, 0.25) is 0 Å². The fraction of sp³-hybridized carbons (Fsp3) is 0.500. The molecule has 1 N–H and O–H groups in total. The molecule has 122 valence electrons. The average molecular weight is 309 g/mol. The van der Waals surface area contributed by atoms with Gasteiger partial charge in [-0.25, -0.2) is 9.59 Å². The fourth-order valence-corrected chi connectivity index (χ4v) is 2.21. The molecule has 0 aromatic heterocycles. The summed E-state index contributed by atoms with van der Waals surface area (Å²) in [6.45, 7) is 3.68. The minimum Gasteiger partial charge on any atom is -0.508 e. The van der Waals surface area contributed by atoms with E-state index in [2.05, 4.69) is 0 Å². The van der Waals surface area contributed by atoms with E-state index in [-0.39, 0.29) is 25.4 Å². The molecule has 1 aromatic carbocycles. The lowest BCUT2D eigenvalue weighted by molar-refractivity contribution is -0.173. The van der Waals surface area contributed by atoms with Gasteiger partial charge in [-0.1, -0.05) is 12.1 Å². The van der Waals surface area contributed by atoms with Gasteiger partial charge in [0.05, 0.1) is 13.2 Å². The first-order chi connectivity index (χ1) is 10.4. The predicted molar refractivity (Wildman–Crippen MR) is 81.5 cm³/mol. The first kappa shape index (κ1) is 18.0. The van der Waals surface area contributed by atoms with Crippen molar-refractivity contribution in [2.75, 3.05) is 27.3 Å². The highest BCUT2D eigenvalue weighted by Gasteiger charge is 2.51. The van der Waals surface area contributed by atoms with Crippen LogP contribution >= 0.6 is 0 Å². The Morgan fingerprint density at radius 3 is 2.09 bits per heavy atom. The van der Waals surface area contributed by atoms with Crippen molar-refractivity contribution in [1.29, 1.82) is 0 Å². The summed E-state index contributed by atoms with van der Waals surface area (Å²) in [6, 6.07) is 6.42. The SMILES string of the molecule is CCOC(=O)C(Cc1cccc(O)c1)(C(=O)OCC)N(C)C. The summed E-state index contributed by atoms with van der Waals surface area (Å²) < 4.78 is 10.2. The number of phenols is 1. The summed E-state index contributed by atoms with van der Waals surface area (Å²) in [5.41, 5.74) is -0.949. The minimum atomic E-state index is -1.58. The maximum absolute atomic E-state index is 12.5. The molecule has 0 bridgehead atoms. The van der Waals surface area contributed by atoms with Crippen LogP contribution in [0.25, 0.3) is 0 Å². The molecule has 0 radical (unpaired) electrons. The normalized spacial score (nSPS) is 11.3. The Hall–Kier alpha value is -2.08. The van der Waals surface area contributed by atoms with Gasteiger partial charge >= 0.3 is 11.9 Å². The minimum absolute atomic E-state index is 0.0477. The van der Waals surface area contributed by atoms with Crippen molar-refractivity contribution >= 4 is 11.9 Å². The van der Waals surface area contributed by atoms with Crippen molar-refractivity contribution in [1.82, 2.24) is 4.90 Å². The molecule has 0 aliphatic rings. The van der Waals surface area contributed by atoms with Crippen LogP contribution in [0.15, 0.2) is 24.3 Å². The highest BCUT2D eigenvalue weighted by molar-refractivity contribution is 6.05. The smallest absolute Gasteiger partial charge is 0.338 e. The van der Waals surface area contributed by atoms with Crippen molar-refractivity contribution < 1.29 is 24.2 Å². The molecular weight excluding hydrogens is 286 g/mol. The molecule has 0 atom stereocenters. The number of nitrogens with zero attached hydrogens (tertiary/aromatic N) is 1. The first-order valence-corrected chi connectivity index (χ1v) is 7.18. The monoisotopic (exact) mass is 309 g/mol. The molecule has 0 aliphatic carbocycles. The Bertz CT molecular complexity index is 509. The van der Waals surface area contributed by atoms with E-state index < -0.39 is 17.5 Å². The highest BCUT2D eigenvalue weighted by Crippen LogP contribution is 2.25. The van der Waals surface area contributed by atoms with Crippen molar-refractivity contribution in [2.45, 2.75) is 25.8 Å². The second-order valence-corrected chi connectivity index (χ2v) is 5.04. The highest BCUT2D eigenvalue weighted by atomic mass is 16.6. The molecule has 22 heavy (non-hydrogen) atoms. The van der Waals surface area contributed by atoms with E-state index in [9.17, 15) is 14.7 Å². The maximum Gasteiger partial charge on any atom is 0.338 e. The van der Waals surface area contributed by atoms with Crippen LogP contribution in [0.1, 0.15) is 19.4 Å². The summed E-state index contributed by atoms with van der Waals surface area (Å²) in [7, 11) is 3.24. The van der Waals surface area contributed by atoms with Gasteiger partial charge in [0.25, 0.3) is 0 Å². The number of aromatic hydroxyl groups is 1. The molecule has 0 heterocycles. The van der Waals surface area contributed by atoms with Gasteiger partial charge in [0.15, 0.2) is 0 Å². The van der Waals surface area contributed by atoms with Gasteiger partial charge in [-0.05, 0) is 45.6 Å². The van der Waals surface area contributed by atoms with E-state index in [0.717, 1.165) is 0 Å². The first-order valence-electron chi connectivity index (χ1n) is 7.18. The van der Waals surface area contributed by atoms with Gasteiger partial charge in [-0.2, -0.15) is 0 Å². The summed E-state index contributed by atoms with van der Waals surface area (Å²) in [6.07, 6.45) is 0.0477. The average Bonchev–Trinajstić information content (AvgIpc) is 2.44. The van der Waals surface area contributed by atoms with E-state index in [0.29, 0.717) is 5.56 Å². The molecule has 1 aromatic rings. The molecule has 0 amide bonds. The number of likely N-dealkylation sites (N-methyl/N-ethyl adjacent to an activating group) is 1. The van der Waals surface area contributed by atoms with Gasteiger partial charge in [-0.15, -0.1) is 0 Å². The maximum atomic E-state index is 12.5. The van der Waals surface area contributed by atoms with Gasteiger partial charge in [0.1, 0.15) is 5.75 Å². The van der Waals surface area contributed by atoms with Gasteiger partial charge in [-0.3, -0.25) is 4.90 Å². The van der Waals surface area contributed by atoms with Gasteiger partial charge < -0.3 is 14.6 Å². The Labute approximate surface area is 130 Å². The van der Waals surface area contributed by atoms with E-state index in [1.807, 2.05) is 0 Å². The molecule has 0 aliphatic heterocycles. The van der Waals surface area contributed by atoms with Crippen molar-refractivity contribution in [3.05, 3.63) is 29.8 Å². The molecule has 6 heteroatoms. The number of ether oxygens (including phenoxy) is 2. The number of carbonyl (C=O) groups is 2. The predicted octanol–water partition coefficient (Wildman–Crippen LogP) is 1.36. The van der Waals surface area contributed by atoms with Crippen LogP contribution in [0.5, 0.6) is 5.75 Å². The van der Waals surface area contributed by atoms with E-state index in [1.54, 1.807) is 40.1 Å². The number of phenolic OH excluding ortho intramolecular Hbond substituents is 1. The second-order valence-electron chi connectivity index (χ2n) is 5.04. The molecule has 1 rings (SSSR count). The standard InChI is InChI=1S/C16H23NO5/c1-5-21-14(19)16(17(3)4,15(20)22-6-2)11-12-8-7-9-13(18)10-12/h7-10,18H,5-6,11H2,1-4H3. The Kier molecular flexibility index (Phi) is 6.37. The Morgan fingerprint density at radius 2 is 1.68 bits per heavy atom.